The number of unbranched alkanes of at least 4 members (excludes halogenated alkanes) is 18. The van der Waals surface area contributed by atoms with Crippen LogP contribution in [0, 0.1) is 0 Å². The Morgan fingerprint density at radius 3 is 1.20 bits per heavy atom. The Bertz CT molecular complexity index is 884. The Morgan fingerprint density at radius 1 is 0.500 bits per heavy atom. The molecule has 1 amide bonds. The summed E-state index contributed by atoms with van der Waals surface area (Å²) in [4.78, 5) is 12.4. The molecule has 0 heterocycles. The Hall–Kier alpha value is -2.17. The van der Waals surface area contributed by atoms with E-state index >= 15 is 0 Å². The van der Waals surface area contributed by atoms with Crippen LogP contribution in [0.25, 0.3) is 0 Å². The number of amides is 1. The van der Waals surface area contributed by atoms with E-state index in [4.69, 9.17) is 0 Å². The van der Waals surface area contributed by atoms with Gasteiger partial charge in [0.1, 0.15) is 0 Å². The van der Waals surface area contributed by atoms with E-state index in [2.05, 4.69) is 86.0 Å². The van der Waals surface area contributed by atoms with Crippen LogP contribution in [0.4, 0.5) is 0 Å². The molecule has 0 aromatic heterocycles. The number of hydrogen-bond acceptors (Lipinski definition) is 3. The van der Waals surface area contributed by atoms with Crippen LogP contribution >= 0.6 is 0 Å². The van der Waals surface area contributed by atoms with Gasteiger partial charge in [-0.1, -0.05) is 209 Å². The van der Waals surface area contributed by atoms with E-state index < -0.39 is 12.1 Å². The monoisotopic (exact) mass is 696 g/mol. The van der Waals surface area contributed by atoms with Gasteiger partial charge in [-0.05, 0) is 51.4 Å². The number of rotatable bonds is 37. The summed E-state index contributed by atoms with van der Waals surface area (Å²) in [5.41, 5.74) is 0. The molecule has 0 saturated carbocycles. The van der Waals surface area contributed by atoms with Gasteiger partial charge in [0.05, 0.1) is 18.8 Å². The first-order chi connectivity index (χ1) is 24.7. The molecule has 2 atom stereocenters. The maximum absolute atomic E-state index is 12.4. The van der Waals surface area contributed by atoms with Gasteiger partial charge in [-0.25, -0.2) is 0 Å². The summed E-state index contributed by atoms with van der Waals surface area (Å²) < 4.78 is 0. The highest BCUT2D eigenvalue weighted by atomic mass is 16.3. The fraction of sp³-hybridized carbons (Fsp3) is 0.717. The van der Waals surface area contributed by atoms with Crippen LogP contribution < -0.4 is 5.32 Å². The molecule has 50 heavy (non-hydrogen) atoms. The molecule has 0 bridgehead atoms. The largest absolute Gasteiger partial charge is 0.394 e. The third kappa shape index (κ3) is 37.1. The van der Waals surface area contributed by atoms with Gasteiger partial charge >= 0.3 is 0 Å². The second-order valence-corrected chi connectivity index (χ2v) is 14.0. The zero-order valence-electron chi connectivity index (χ0n) is 32.9. The average molecular weight is 696 g/mol. The second-order valence-electron chi connectivity index (χ2n) is 14.0. The maximum Gasteiger partial charge on any atom is 0.220 e. The van der Waals surface area contributed by atoms with E-state index in [1.165, 1.54) is 109 Å². The Labute approximate surface area is 310 Å². The predicted octanol–water partition coefficient (Wildman–Crippen LogP) is 13.1. The Balaban J connectivity index is 3.68. The van der Waals surface area contributed by atoms with Gasteiger partial charge in [0.25, 0.3) is 0 Å². The summed E-state index contributed by atoms with van der Waals surface area (Å²) in [5, 5.41) is 23.1. The van der Waals surface area contributed by atoms with Crippen molar-refractivity contribution < 1.29 is 15.0 Å². The van der Waals surface area contributed by atoms with Crippen molar-refractivity contribution in [2.24, 2.45) is 0 Å². The van der Waals surface area contributed by atoms with Crippen LogP contribution in [0.5, 0.6) is 0 Å². The van der Waals surface area contributed by atoms with Crippen LogP contribution in [-0.4, -0.2) is 34.9 Å². The Kier molecular flexibility index (Phi) is 39.5. The smallest absolute Gasteiger partial charge is 0.220 e. The minimum absolute atomic E-state index is 0.115. The van der Waals surface area contributed by atoms with Crippen molar-refractivity contribution in [3.63, 3.8) is 0 Å². The summed E-state index contributed by atoms with van der Waals surface area (Å²) in [7, 11) is 0. The normalized spacial score (nSPS) is 13.8. The lowest BCUT2D eigenvalue weighted by atomic mass is 10.0. The summed E-state index contributed by atoms with van der Waals surface area (Å²) >= 11 is 0. The first-order valence-electron chi connectivity index (χ1n) is 21.1. The number of aliphatic hydroxyl groups excluding tert-OH is 2. The zero-order chi connectivity index (χ0) is 36.4. The molecule has 0 fully saturated rings. The van der Waals surface area contributed by atoms with Gasteiger partial charge in [0.2, 0.25) is 5.91 Å². The molecule has 4 nitrogen and oxygen atoms in total. The van der Waals surface area contributed by atoms with Gasteiger partial charge in [0.15, 0.2) is 0 Å². The van der Waals surface area contributed by atoms with Crippen molar-refractivity contribution in [1.29, 1.82) is 0 Å². The van der Waals surface area contributed by atoms with E-state index in [0.29, 0.717) is 19.3 Å². The minimum atomic E-state index is -0.694. The molecule has 0 aliphatic rings. The van der Waals surface area contributed by atoms with Crippen molar-refractivity contribution in [1.82, 2.24) is 5.32 Å². The summed E-state index contributed by atoms with van der Waals surface area (Å²) in [6.45, 7) is 4.21. The number of carbonyl (C=O) groups excluding carboxylic acids is 1. The molecule has 4 heteroatoms. The molecule has 0 aromatic carbocycles. The molecule has 0 rings (SSSR count). The Morgan fingerprint density at radius 2 is 0.840 bits per heavy atom. The molecule has 2 unspecified atom stereocenters. The lowest BCUT2D eigenvalue weighted by Gasteiger charge is -2.22. The fourth-order valence-electron chi connectivity index (χ4n) is 6.03. The molecule has 0 aliphatic heterocycles. The quantitative estimate of drug-likeness (QED) is 0.0447. The molecule has 0 saturated heterocycles. The molecular weight excluding hydrogens is 615 g/mol. The van der Waals surface area contributed by atoms with Crippen molar-refractivity contribution in [3.05, 3.63) is 72.9 Å². The zero-order valence-corrected chi connectivity index (χ0v) is 32.9. The summed E-state index contributed by atoms with van der Waals surface area (Å²) in [6, 6.07) is -0.580. The van der Waals surface area contributed by atoms with Crippen molar-refractivity contribution in [2.75, 3.05) is 6.61 Å². The first-order valence-corrected chi connectivity index (χ1v) is 21.1. The molecule has 288 valence electrons. The highest BCUT2D eigenvalue weighted by molar-refractivity contribution is 5.76. The van der Waals surface area contributed by atoms with Crippen LogP contribution in [0.2, 0.25) is 0 Å². The topological polar surface area (TPSA) is 69.6 Å². The third-order valence-corrected chi connectivity index (χ3v) is 9.25. The highest BCUT2D eigenvalue weighted by Crippen LogP contribution is 2.15. The SMILES string of the molecule is CC/C=C\C/C=C\C/C=C\C/C=C\C/C=C\C/C=C\CCC(=O)NC(CO)C(O)CCCCCCCCCCCCCCCCCCCCC. The van der Waals surface area contributed by atoms with Crippen LogP contribution in [0.15, 0.2) is 72.9 Å². The van der Waals surface area contributed by atoms with Crippen LogP contribution in [-0.2, 0) is 4.79 Å². The first kappa shape index (κ1) is 47.8. The predicted molar refractivity (Wildman–Crippen MR) is 220 cm³/mol. The van der Waals surface area contributed by atoms with E-state index in [1.807, 2.05) is 6.08 Å². The molecule has 0 radical (unpaired) electrons. The van der Waals surface area contributed by atoms with E-state index in [0.717, 1.165) is 51.4 Å². The summed E-state index contributed by atoms with van der Waals surface area (Å²) in [5.74, 6) is -0.115. The van der Waals surface area contributed by atoms with Crippen molar-refractivity contribution in [2.45, 2.75) is 206 Å². The van der Waals surface area contributed by atoms with Gasteiger partial charge in [0, 0.05) is 6.42 Å². The lowest BCUT2D eigenvalue weighted by molar-refractivity contribution is -0.123. The molecule has 0 spiro atoms. The standard InChI is InChI=1S/C46H81NO3/c1-3-5-7-9-11-13-15-17-19-21-23-25-27-29-31-33-35-37-39-41-45(49)44(43-48)47-46(50)42-40-38-36-34-32-30-28-26-24-22-20-18-16-14-12-10-8-6-4-2/h6,8,12,14,18,20,24,26,30,32,36,38,44-45,48-49H,3-5,7,9-11,13,15-17,19,21-23,25,27-29,31,33-35,37,39-43H2,1-2H3,(H,47,50)/b8-6-,14-12-,20-18-,26-24-,32-30-,38-36-. The number of nitrogens with one attached hydrogen (secondary N) is 1. The molecule has 0 aliphatic carbocycles. The van der Waals surface area contributed by atoms with E-state index in [9.17, 15) is 15.0 Å². The van der Waals surface area contributed by atoms with Crippen LogP contribution in [0.3, 0.4) is 0 Å². The van der Waals surface area contributed by atoms with Crippen molar-refractivity contribution in [3.8, 4) is 0 Å². The average Bonchev–Trinajstić information content (AvgIpc) is 3.12. The number of allylic oxidation sites excluding steroid dienone is 12. The molecular formula is C46H81NO3. The highest BCUT2D eigenvalue weighted by Gasteiger charge is 2.19. The van der Waals surface area contributed by atoms with Crippen LogP contribution in [0.1, 0.15) is 194 Å². The van der Waals surface area contributed by atoms with Crippen molar-refractivity contribution >= 4 is 5.91 Å². The van der Waals surface area contributed by atoms with Gasteiger partial charge in [-0.15, -0.1) is 0 Å². The number of hydrogen-bond donors (Lipinski definition) is 3. The third-order valence-electron chi connectivity index (χ3n) is 9.25. The summed E-state index contributed by atoms with van der Waals surface area (Å²) in [6.07, 6.45) is 58.4. The second kappa shape index (κ2) is 41.3. The number of carbonyl (C=O) groups is 1. The fourth-order valence-corrected chi connectivity index (χ4v) is 6.03. The minimum Gasteiger partial charge on any atom is -0.394 e. The van der Waals surface area contributed by atoms with Gasteiger partial charge in [-0.3, -0.25) is 4.79 Å². The lowest BCUT2D eigenvalue weighted by Crippen LogP contribution is -2.45. The van der Waals surface area contributed by atoms with E-state index in [-0.39, 0.29) is 12.5 Å². The molecule has 0 aromatic rings. The van der Waals surface area contributed by atoms with E-state index in [1.54, 1.807) is 0 Å². The molecule has 3 N–H and O–H groups in total. The number of aliphatic hydroxyl groups is 2. The maximum atomic E-state index is 12.4. The van der Waals surface area contributed by atoms with Gasteiger partial charge in [-0.2, -0.15) is 0 Å². The van der Waals surface area contributed by atoms with Gasteiger partial charge < -0.3 is 15.5 Å².